The fraction of sp³-hybridized carbons (Fsp3) is 0.269. The zero-order chi connectivity index (χ0) is 24.3. The lowest BCUT2D eigenvalue weighted by atomic mass is 9.92. The Hall–Kier alpha value is -3.47. The first-order chi connectivity index (χ1) is 17.6. The van der Waals surface area contributed by atoms with E-state index in [-0.39, 0.29) is 5.60 Å². The summed E-state index contributed by atoms with van der Waals surface area (Å²) in [4.78, 5) is 28.4. The Morgan fingerprint density at radius 2 is 2.14 bits per heavy atom. The van der Waals surface area contributed by atoms with Gasteiger partial charge in [0.05, 0.1) is 55.9 Å². The van der Waals surface area contributed by atoms with Crippen molar-refractivity contribution in [3.63, 3.8) is 0 Å². The van der Waals surface area contributed by atoms with E-state index in [2.05, 4.69) is 57.3 Å². The summed E-state index contributed by atoms with van der Waals surface area (Å²) >= 11 is 3.29. The van der Waals surface area contributed by atoms with Crippen molar-refractivity contribution in [1.82, 2.24) is 29.9 Å². The Labute approximate surface area is 214 Å². The number of imidazole rings is 1. The van der Waals surface area contributed by atoms with Gasteiger partial charge in [0.1, 0.15) is 17.0 Å². The van der Waals surface area contributed by atoms with Crippen LogP contribution in [0.15, 0.2) is 42.6 Å². The smallest absolute Gasteiger partial charge is 0.147 e. The molecular weight excluding hydrogens is 490 g/mol. The van der Waals surface area contributed by atoms with Gasteiger partial charge in [-0.1, -0.05) is 6.07 Å². The molecule has 0 spiro atoms. The number of H-pyrrole nitrogens is 1. The SMILES string of the molecule is CC1(C)Cc2nc3sc4c(NCCc5ccc6[nH]cnc6c5)ncnc4c3c(-c3cncs3)c2CO1. The van der Waals surface area contributed by atoms with E-state index in [1.54, 1.807) is 35.3 Å². The quantitative estimate of drug-likeness (QED) is 0.303. The van der Waals surface area contributed by atoms with Gasteiger partial charge < -0.3 is 15.0 Å². The van der Waals surface area contributed by atoms with Crippen LogP contribution in [0, 0.1) is 0 Å². The molecule has 0 bridgehead atoms. The van der Waals surface area contributed by atoms with Crippen molar-refractivity contribution >= 4 is 60.0 Å². The van der Waals surface area contributed by atoms with Gasteiger partial charge in [-0.05, 0) is 38.0 Å². The van der Waals surface area contributed by atoms with Crippen LogP contribution < -0.4 is 5.32 Å². The lowest BCUT2D eigenvalue weighted by Gasteiger charge is -2.32. The minimum Gasteiger partial charge on any atom is -0.370 e. The maximum Gasteiger partial charge on any atom is 0.147 e. The van der Waals surface area contributed by atoms with Gasteiger partial charge in [-0.25, -0.2) is 19.9 Å². The molecule has 1 aromatic carbocycles. The van der Waals surface area contributed by atoms with Gasteiger partial charge in [0.15, 0.2) is 0 Å². The van der Waals surface area contributed by atoms with E-state index in [0.29, 0.717) is 6.61 Å². The molecule has 7 rings (SSSR count). The first kappa shape index (κ1) is 21.8. The largest absolute Gasteiger partial charge is 0.370 e. The van der Waals surface area contributed by atoms with Crippen LogP contribution in [-0.4, -0.2) is 42.0 Å². The minimum atomic E-state index is -0.235. The average Bonchev–Trinajstić information content (AvgIpc) is 3.62. The molecule has 0 amide bonds. The molecule has 0 saturated carbocycles. The van der Waals surface area contributed by atoms with E-state index < -0.39 is 0 Å². The van der Waals surface area contributed by atoms with Gasteiger partial charge in [-0.2, -0.15) is 0 Å². The van der Waals surface area contributed by atoms with Crippen molar-refractivity contribution in [2.75, 3.05) is 11.9 Å². The molecule has 0 fully saturated rings. The standard InChI is InChI=1S/C26H23N7OS2/c1-26(2)8-18-15(10-34-26)20(19-9-27-13-35-19)21-22-23(36-25(21)33-18)24(32-12-31-22)28-6-5-14-3-4-16-17(7-14)30-11-29-16/h3-4,7,9,11-13H,5-6,8,10H2,1-2H3,(H,29,30)(H,28,31,32). The van der Waals surface area contributed by atoms with Gasteiger partial charge >= 0.3 is 0 Å². The second-order valence-electron chi connectivity index (χ2n) is 9.62. The first-order valence-electron chi connectivity index (χ1n) is 11.8. The molecule has 0 aliphatic carbocycles. The number of anilines is 1. The van der Waals surface area contributed by atoms with E-state index >= 15 is 0 Å². The number of ether oxygens (including phenoxy) is 1. The monoisotopic (exact) mass is 513 g/mol. The summed E-state index contributed by atoms with van der Waals surface area (Å²) in [6.45, 7) is 5.53. The van der Waals surface area contributed by atoms with Crippen LogP contribution in [0.4, 0.5) is 5.82 Å². The predicted octanol–water partition coefficient (Wildman–Crippen LogP) is 5.75. The number of rotatable bonds is 5. The van der Waals surface area contributed by atoms with Gasteiger partial charge in [-0.15, -0.1) is 22.7 Å². The molecule has 0 unspecified atom stereocenters. The molecule has 0 radical (unpaired) electrons. The number of hydrogen-bond donors (Lipinski definition) is 2. The third-order valence-electron chi connectivity index (χ3n) is 6.66. The number of aromatic nitrogens is 6. The maximum absolute atomic E-state index is 6.20. The summed E-state index contributed by atoms with van der Waals surface area (Å²) < 4.78 is 7.23. The van der Waals surface area contributed by atoms with Crippen LogP contribution in [0.5, 0.6) is 0 Å². The third kappa shape index (κ3) is 3.64. The van der Waals surface area contributed by atoms with Crippen LogP contribution >= 0.6 is 22.7 Å². The molecule has 2 N–H and O–H groups in total. The van der Waals surface area contributed by atoms with Crippen LogP contribution in [0.25, 0.3) is 41.9 Å². The molecular formula is C26H23N7OS2. The van der Waals surface area contributed by atoms with E-state index in [4.69, 9.17) is 14.7 Å². The number of thiazole rings is 1. The van der Waals surface area contributed by atoms with Crippen molar-refractivity contribution in [3.8, 4) is 10.4 Å². The molecule has 6 heterocycles. The number of nitrogens with zero attached hydrogens (tertiary/aromatic N) is 5. The second kappa shape index (κ2) is 8.29. The van der Waals surface area contributed by atoms with Crippen molar-refractivity contribution < 1.29 is 4.74 Å². The number of pyridine rings is 1. The van der Waals surface area contributed by atoms with Crippen molar-refractivity contribution in [2.24, 2.45) is 0 Å². The van der Waals surface area contributed by atoms with E-state index in [0.717, 1.165) is 78.4 Å². The van der Waals surface area contributed by atoms with Crippen LogP contribution in [0.1, 0.15) is 30.7 Å². The molecule has 6 aromatic rings. The van der Waals surface area contributed by atoms with Crippen molar-refractivity contribution in [2.45, 2.75) is 38.9 Å². The highest BCUT2D eigenvalue weighted by molar-refractivity contribution is 7.26. The summed E-state index contributed by atoms with van der Waals surface area (Å²) in [6, 6.07) is 6.34. The minimum absolute atomic E-state index is 0.235. The Morgan fingerprint density at radius 1 is 1.19 bits per heavy atom. The molecule has 5 aromatic heterocycles. The number of nitrogens with one attached hydrogen (secondary N) is 2. The zero-order valence-corrected chi connectivity index (χ0v) is 21.5. The molecule has 180 valence electrons. The molecule has 10 heteroatoms. The molecule has 1 aliphatic heterocycles. The Kier molecular flexibility index (Phi) is 5.02. The molecule has 8 nitrogen and oxygen atoms in total. The normalized spacial score (nSPS) is 15.1. The first-order valence-corrected chi connectivity index (χ1v) is 13.5. The van der Waals surface area contributed by atoms with Gasteiger partial charge in [0.25, 0.3) is 0 Å². The van der Waals surface area contributed by atoms with E-state index in [1.165, 1.54) is 5.56 Å². The van der Waals surface area contributed by atoms with Gasteiger partial charge in [-0.3, -0.25) is 4.98 Å². The summed E-state index contributed by atoms with van der Waals surface area (Å²) in [5, 5.41) is 4.61. The topological polar surface area (TPSA) is 102 Å². The van der Waals surface area contributed by atoms with E-state index in [9.17, 15) is 0 Å². The average molecular weight is 514 g/mol. The lowest BCUT2D eigenvalue weighted by molar-refractivity contribution is -0.0408. The van der Waals surface area contributed by atoms with Crippen LogP contribution in [0.2, 0.25) is 0 Å². The molecule has 0 saturated heterocycles. The number of hydrogen-bond acceptors (Lipinski definition) is 9. The highest BCUT2D eigenvalue weighted by atomic mass is 32.1. The maximum atomic E-state index is 6.20. The number of aromatic amines is 1. The number of thiophene rings is 1. The van der Waals surface area contributed by atoms with Gasteiger partial charge in [0, 0.05) is 35.7 Å². The highest BCUT2D eigenvalue weighted by Crippen LogP contribution is 2.45. The molecule has 0 atom stereocenters. The zero-order valence-electron chi connectivity index (χ0n) is 19.8. The van der Waals surface area contributed by atoms with E-state index in [1.807, 2.05) is 11.7 Å². The van der Waals surface area contributed by atoms with Crippen LogP contribution in [-0.2, 0) is 24.2 Å². The van der Waals surface area contributed by atoms with Crippen molar-refractivity contribution in [3.05, 3.63) is 59.4 Å². The summed E-state index contributed by atoms with van der Waals surface area (Å²) in [6.07, 6.45) is 6.94. The third-order valence-corrected chi connectivity index (χ3v) is 8.53. The highest BCUT2D eigenvalue weighted by Gasteiger charge is 2.32. The van der Waals surface area contributed by atoms with Gasteiger partial charge in [0.2, 0.25) is 0 Å². The van der Waals surface area contributed by atoms with Crippen LogP contribution in [0.3, 0.4) is 0 Å². The summed E-state index contributed by atoms with van der Waals surface area (Å²) in [5.41, 5.74) is 9.23. The number of benzene rings is 1. The number of fused-ring (bicyclic) bond motifs is 5. The predicted molar refractivity (Wildman–Crippen MR) is 145 cm³/mol. The summed E-state index contributed by atoms with van der Waals surface area (Å²) in [7, 11) is 0. The second-order valence-corrected chi connectivity index (χ2v) is 11.5. The molecule has 36 heavy (non-hydrogen) atoms. The lowest BCUT2D eigenvalue weighted by Crippen LogP contribution is -2.32. The Balaban J connectivity index is 1.29. The Bertz CT molecular complexity index is 1740. The molecule has 1 aliphatic rings. The summed E-state index contributed by atoms with van der Waals surface area (Å²) in [5.74, 6) is 0.841. The fourth-order valence-corrected chi connectivity index (χ4v) is 6.73. The Morgan fingerprint density at radius 3 is 3.03 bits per heavy atom. The fourth-order valence-electron chi connectivity index (χ4n) is 4.91. The van der Waals surface area contributed by atoms with Crippen molar-refractivity contribution in [1.29, 1.82) is 0 Å².